The molecule has 0 saturated heterocycles. The number of anilines is 2. The number of aromatic nitrogens is 2. The number of amides is 1. The largest absolute Gasteiger partial charge is 0.379 e. The van der Waals surface area contributed by atoms with E-state index in [4.69, 9.17) is 10.5 Å². The van der Waals surface area contributed by atoms with Crippen LogP contribution in [-0.4, -0.2) is 40.7 Å². The van der Waals surface area contributed by atoms with E-state index in [0.717, 1.165) is 32.3 Å². The van der Waals surface area contributed by atoms with Crippen LogP contribution in [-0.2, 0) is 4.74 Å². The number of nitrogens with two attached hydrogens (primary N) is 1. The number of nitrogens with zero attached hydrogens (tertiary/aromatic N) is 2. The number of hydrogen-bond donors (Lipinski definition) is 3. The van der Waals surface area contributed by atoms with Crippen LogP contribution in [0.25, 0.3) is 0 Å². The second-order valence-electron chi connectivity index (χ2n) is 7.16. The molecule has 7 heteroatoms. The fourth-order valence-corrected chi connectivity index (χ4v) is 3.46. The lowest BCUT2D eigenvalue weighted by Gasteiger charge is -2.29. The van der Waals surface area contributed by atoms with Crippen molar-refractivity contribution in [1.82, 2.24) is 9.97 Å². The molecule has 0 unspecified atom stereocenters. The predicted molar refractivity (Wildman–Crippen MR) is 97.7 cm³/mol. The van der Waals surface area contributed by atoms with E-state index in [1.54, 1.807) is 0 Å². The average Bonchev–Trinajstić information content (AvgIpc) is 3.42. The van der Waals surface area contributed by atoms with Crippen LogP contribution in [0.2, 0.25) is 0 Å². The smallest absolute Gasteiger partial charge is 0.254 e. The van der Waals surface area contributed by atoms with Gasteiger partial charge in [-0.2, -0.15) is 4.98 Å². The van der Waals surface area contributed by atoms with Gasteiger partial charge in [0, 0.05) is 24.9 Å². The topological polar surface area (TPSA) is 102 Å². The maximum Gasteiger partial charge on any atom is 0.254 e. The molecule has 2 fully saturated rings. The monoisotopic (exact) mass is 347 g/mol. The molecule has 1 aromatic heterocycles. The normalized spacial score (nSPS) is 24.6. The molecule has 1 heterocycles. The van der Waals surface area contributed by atoms with Gasteiger partial charge in [-0.3, -0.25) is 4.79 Å². The van der Waals surface area contributed by atoms with Crippen LogP contribution in [0.5, 0.6) is 0 Å². The van der Waals surface area contributed by atoms with Gasteiger partial charge in [-0.05, 0) is 58.3 Å². The Hall–Kier alpha value is -1.89. The van der Waals surface area contributed by atoms with Gasteiger partial charge in [-0.25, -0.2) is 4.98 Å². The van der Waals surface area contributed by atoms with Gasteiger partial charge in [0.1, 0.15) is 5.82 Å². The molecular formula is C18H29N5O2. The van der Waals surface area contributed by atoms with Gasteiger partial charge >= 0.3 is 0 Å². The van der Waals surface area contributed by atoms with Gasteiger partial charge in [0.2, 0.25) is 5.95 Å². The van der Waals surface area contributed by atoms with Crippen molar-refractivity contribution in [2.45, 2.75) is 70.6 Å². The highest BCUT2D eigenvalue weighted by Crippen LogP contribution is 2.34. The van der Waals surface area contributed by atoms with Crippen LogP contribution in [0.4, 0.5) is 11.8 Å². The van der Waals surface area contributed by atoms with Crippen molar-refractivity contribution in [1.29, 1.82) is 0 Å². The van der Waals surface area contributed by atoms with Crippen molar-refractivity contribution in [2.24, 2.45) is 11.7 Å². The minimum absolute atomic E-state index is 0.280. The minimum atomic E-state index is -0.505. The number of hydrogen-bond acceptors (Lipinski definition) is 6. The first-order valence-corrected chi connectivity index (χ1v) is 9.38. The number of carbonyl (C=O) groups is 1. The highest BCUT2D eigenvalue weighted by Gasteiger charge is 2.29. The third-order valence-corrected chi connectivity index (χ3v) is 5.16. The minimum Gasteiger partial charge on any atom is -0.379 e. The van der Waals surface area contributed by atoms with Gasteiger partial charge in [-0.1, -0.05) is 0 Å². The fourth-order valence-electron chi connectivity index (χ4n) is 3.46. The van der Waals surface area contributed by atoms with E-state index < -0.39 is 5.91 Å². The summed E-state index contributed by atoms with van der Waals surface area (Å²) in [5.41, 5.74) is 5.81. The summed E-state index contributed by atoms with van der Waals surface area (Å²) in [6, 6.07) is 0.618. The lowest BCUT2D eigenvalue weighted by Crippen LogP contribution is -2.31. The second-order valence-corrected chi connectivity index (χ2v) is 7.16. The number of carbonyl (C=O) groups excluding carboxylic acids is 1. The molecule has 2 aliphatic rings. The molecule has 0 radical (unpaired) electrons. The third-order valence-electron chi connectivity index (χ3n) is 5.16. The molecule has 0 bridgehead atoms. The maximum absolute atomic E-state index is 11.7. The van der Waals surface area contributed by atoms with E-state index in [1.165, 1.54) is 19.0 Å². The summed E-state index contributed by atoms with van der Waals surface area (Å²) in [4.78, 5) is 20.5. The Morgan fingerprint density at radius 1 is 1.32 bits per heavy atom. The van der Waals surface area contributed by atoms with Gasteiger partial charge in [0.05, 0.1) is 11.7 Å². The van der Waals surface area contributed by atoms with Crippen LogP contribution in [0, 0.1) is 5.92 Å². The van der Waals surface area contributed by atoms with Crippen molar-refractivity contribution in [3.05, 3.63) is 11.8 Å². The average molecular weight is 347 g/mol. The van der Waals surface area contributed by atoms with E-state index in [0.29, 0.717) is 35.4 Å². The molecule has 1 atom stereocenters. The summed E-state index contributed by atoms with van der Waals surface area (Å²) in [5.74, 6) is 1.23. The zero-order chi connectivity index (χ0) is 17.8. The van der Waals surface area contributed by atoms with E-state index in [1.807, 2.05) is 6.92 Å². The summed E-state index contributed by atoms with van der Waals surface area (Å²) in [6.07, 6.45) is 8.51. The van der Waals surface area contributed by atoms with Gasteiger partial charge in [0.25, 0.3) is 5.91 Å². The van der Waals surface area contributed by atoms with Crippen molar-refractivity contribution in [3.63, 3.8) is 0 Å². The molecule has 0 aliphatic heterocycles. The number of ether oxygens (including phenoxy) is 1. The Morgan fingerprint density at radius 3 is 2.64 bits per heavy atom. The summed E-state index contributed by atoms with van der Waals surface area (Å²) < 4.78 is 5.69. The van der Waals surface area contributed by atoms with Crippen LogP contribution in [0.15, 0.2) is 6.20 Å². The van der Waals surface area contributed by atoms with Crippen LogP contribution < -0.4 is 16.4 Å². The Labute approximate surface area is 149 Å². The second kappa shape index (κ2) is 7.99. The van der Waals surface area contributed by atoms with E-state index in [-0.39, 0.29) is 6.04 Å². The van der Waals surface area contributed by atoms with Gasteiger partial charge in [0.15, 0.2) is 0 Å². The van der Waals surface area contributed by atoms with Gasteiger partial charge in [-0.15, -0.1) is 0 Å². The summed E-state index contributed by atoms with van der Waals surface area (Å²) in [6.45, 7) is 4.93. The van der Waals surface area contributed by atoms with E-state index in [2.05, 4.69) is 27.5 Å². The van der Waals surface area contributed by atoms with Crippen LogP contribution >= 0.6 is 0 Å². The zero-order valence-electron chi connectivity index (χ0n) is 15.1. The Kier molecular flexibility index (Phi) is 5.73. The Balaban J connectivity index is 1.64. The van der Waals surface area contributed by atoms with Gasteiger partial charge < -0.3 is 21.1 Å². The molecule has 1 aromatic rings. The highest BCUT2D eigenvalue weighted by atomic mass is 16.5. The van der Waals surface area contributed by atoms with Crippen LogP contribution in [0.3, 0.4) is 0 Å². The summed E-state index contributed by atoms with van der Waals surface area (Å²) >= 11 is 0. The molecular weight excluding hydrogens is 318 g/mol. The molecule has 2 aliphatic carbocycles. The Bertz CT molecular complexity index is 597. The number of primary amides is 1. The zero-order valence-corrected chi connectivity index (χ0v) is 15.1. The quantitative estimate of drug-likeness (QED) is 0.668. The lowest BCUT2D eigenvalue weighted by molar-refractivity contribution is 0.0346. The van der Waals surface area contributed by atoms with Crippen LogP contribution in [0.1, 0.15) is 62.7 Å². The molecule has 3 rings (SSSR count). The highest BCUT2D eigenvalue weighted by molar-refractivity contribution is 5.97. The molecule has 138 valence electrons. The molecule has 2 saturated carbocycles. The predicted octanol–water partition coefficient (Wildman–Crippen LogP) is 2.55. The first-order valence-electron chi connectivity index (χ1n) is 9.38. The number of rotatable bonds is 8. The van der Waals surface area contributed by atoms with Crippen molar-refractivity contribution in [3.8, 4) is 0 Å². The van der Waals surface area contributed by atoms with Crippen molar-refractivity contribution < 1.29 is 9.53 Å². The standard InChI is InChI=1S/C18H29N5O2/c1-3-25-14-8-6-13(7-9-14)22-18-20-10-15(16(19)24)17(23-18)21-11(2)12-4-5-12/h10-14H,3-9H2,1-2H3,(H2,19,24)(H2,20,21,22,23)/t11-,13-,14-/m1/s1. The Morgan fingerprint density at radius 2 is 2.04 bits per heavy atom. The molecule has 25 heavy (non-hydrogen) atoms. The summed E-state index contributed by atoms with van der Waals surface area (Å²) in [5, 5.41) is 6.74. The fraction of sp³-hybridized carbons (Fsp3) is 0.722. The van der Waals surface area contributed by atoms with E-state index in [9.17, 15) is 4.79 Å². The molecule has 7 nitrogen and oxygen atoms in total. The molecule has 1 amide bonds. The third kappa shape index (κ3) is 4.81. The first-order chi connectivity index (χ1) is 12.1. The van der Waals surface area contributed by atoms with E-state index >= 15 is 0 Å². The molecule has 0 spiro atoms. The van der Waals surface area contributed by atoms with Crippen molar-refractivity contribution >= 4 is 17.7 Å². The SMILES string of the molecule is CCO[C@H]1CC[C@H](Nc2ncc(C(N)=O)c(N[C@H](C)C3CC3)n2)CC1. The van der Waals surface area contributed by atoms with Crippen molar-refractivity contribution in [2.75, 3.05) is 17.2 Å². The number of nitrogens with one attached hydrogen (secondary N) is 2. The maximum atomic E-state index is 11.7. The first kappa shape index (κ1) is 17.9. The summed E-state index contributed by atoms with van der Waals surface area (Å²) in [7, 11) is 0. The molecule has 0 aromatic carbocycles. The lowest BCUT2D eigenvalue weighted by atomic mass is 9.93. The molecule has 4 N–H and O–H groups in total.